The zero-order valence-corrected chi connectivity index (χ0v) is 16.1. The number of hydrogen-bond acceptors (Lipinski definition) is 5. The molecule has 28 heavy (non-hydrogen) atoms. The lowest BCUT2D eigenvalue weighted by Gasteiger charge is -2.15. The molecule has 0 radical (unpaired) electrons. The van der Waals surface area contributed by atoms with Crippen molar-refractivity contribution < 1.29 is 23.5 Å². The first-order valence-electron chi connectivity index (χ1n) is 9.10. The summed E-state index contributed by atoms with van der Waals surface area (Å²) < 4.78 is 16.3. The van der Waals surface area contributed by atoms with Gasteiger partial charge in [-0.1, -0.05) is 30.3 Å². The quantitative estimate of drug-likeness (QED) is 0.628. The van der Waals surface area contributed by atoms with E-state index in [0.717, 1.165) is 16.5 Å². The second-order valence-electron chi connectivity index (χ2n) is 6.66. The highest BCUT2D eigenvalue weighted by molar-refractivity contribution is 5.82. The predicted octanol–water partition coefficient (Wildman–Crippen LogP) is 3.93. The van der Waals surface area contributed by atoms with Gasteiger partial charge in [0, 0.05) is 5.39 Å². The predicted molar refractivity (Wildman–Crippen MR) is 105 cm³/mol. The minimum atomic E-state index is -0.817. The molecule has 146 valence electrons. The van der Waals surface area contributed by atoms with Crippen molar-refractivity contribution in [1.82, 2.24) is 5.32 Å². The summed E-state index contributed by atoms with van der Waals surface area (Å²) in [7, 11) is 0. The summed E-state index contributed by atoms with van der Waals surface area (Å²) in [5.74, 6) is 0.196. The fourth-order valence-corrected chi connectivity index (χ4v) is 2.77. The summed E-state index contributed by atoms with van der Waals surface area (Å²) in [6.45, 7) is 4.94. The number of aryl methyl sites for hydroxylation is 1. The average molecular weight is 381 g/mol. The van der Waals surface area contributed by atoms with Gasteiger partial charge >= 0.3 is 5.97 Å². The number of carbonyl (C=O) groups excluding carboxylic acids is 2. The van der Waals surface area contributed by atoms with Crippen LogP contribution >= 0.6 is 0 Å². The third-order valence-corrected chi connectivity index (χ3v) is 4.23. The molecule has 0 bridgehead atoms. The fourth-order valence-electron chi connectivity index (χ4n) is 2.77. The molecule has 6 nitrogen and oxygen atoms in total. The van der Waals surface area contributed by atoms with Gasteiger partial charge in [0.1, 0.15) is 17.1 Å². The summed E-state index contributed by atoms with van der Waals surface area (Å²) in [5, 5.41) is 3.72. The molecule has 0 spiro atoms. The van der Waals surface area contributed by atoms with Gasteiger partial charge in [0.2, 0.25) is 0 Å². The Labute approximate surface area is 163 Å². The largest absolute Gasteiger partial charge is 0.479 e. The lowest BCUT2D eigenvalue weighted by Crippen LogP contribution is -2.34. The molecule has 1 aromatic heterocycles. The Bertz CT molecular complexity index is 945. The highest BCUT2D eigenvalue weighted by Gasteiger charge is 2.19. The van der Waals surface area contributed by atoms with E-state index < -0.39 is 18.0 Å². The summed E-state index contributed by atoms with van der Waals surface area (Å²) in [6.07, 6.45) is -0.817. The van der Waals surface area contributed by atoms with E-state index in [1.165, 1.54) is 0 Å². The van der Waals surface area contributed by atoms with Crippen LogP contribution in [0.5, 0.6) is 5.75 Å². The van der Waals surface area contributed by atoms with Gasteiger partial charge in [0.05, 0.1) is 6.04 Å². The summed E-state index contributed by atoms with van der Waals surface area (Å²) >= 11 is 0. The van der Waals surface area contributed by atoms with E-state index in [9.17, 15) is 9.59 Å². The molecule has 1 N–H and O–H groups in total. The van der Waals surface area contributed by atoms with Crippen molar-refractivity contribution in [3.63, 3.8) is 0 Å². The number of amides is 1. The molecule has 0 unspecified atom stereocenters. The monoisotopic (exact) mass is 381 g/mol. The average Bonchev–Trinajstić information content (AvgIpc) is 3.10. The van der Waals surface area contributed by atoms with Crippen LogP contribution in [0.1, 0.15) is 31.2 Å². The van der Waals surface area contributed by atoms with Crippen LogP contribution in [0.4, 0.5) is 0 Å². The van der Waals surface area contributed by atoms with E-state index in [4.69, 9.17) is 13.9 Å². The van der Waals surface area contributed by atoms with Gasteiger partial charge in [-0.05, 0) is 50.6 Å². The van der Waals surface area contributed by atoms with Gasteiger partial charge < -0.3 is 19.2 Å². The number of rotatable bonds is 7. The van der Waals surface area contributed by atoms with E-state index in [1.54, 1.807) is 19.9 Å². The number of furan rings is 1. The first-order valence-corrected chi connectivity index (χ1v) is 9.10. The van der Waals surface area contributed by atoms with Crippen molar-refractivity contribution in [2.75, 3.05) is 6.61 Å². The summed E-state index contributed by atoms with van der Waals surface area (Å²) in [5.41, 5.74) is 1.78. The van der Waals surface area contributed by atoms with Crippen LogP contribution in [0.15, 0.2) is 59.0 Å². The maximum Gasteiger partial charge on any atom is 0.347 e. The van der Waals surface area contributed by atoms with Gasteiger partial charge in [-0.15, -0.1) is 0 Å². The van der Waals surface area contributed by atoms with E-state index in [2.05, 4.69) is 5.32 Å². The van der Waals surface area contributed by atoms with Gasteiger partial charge in [0.25, 0.3) is 5.91 Å². The van der Waals surface area contributed by atoms with Gasteiger partial charge in [-0.3, -0.25) is 4.79 Å². The topological polar surface area (TPSA) is 77.8 Å². The molecule has 0 saturated heterocycles. The zero-order valence-electron chi connectivity index (χ0n) is 16.1. The second kappa shape index (κ2) is 8.61. The maximum atomic E-state index is 12.1. The summed E-state index contributed by atoms with van der Waals surface area (Å²) in [6, 6.07) is 16.5. The van der Waals surface area contributed by atoms with Gasteiger partial charge in [-0.25, -0.2) is 4.79 Å². The summed E-state index contributed by atoms with van der Waals surface area (Å²) in [4.78, 5) is 24.2. The highest BCUT2D eigenvalue weighted by atomic mass is 16.6. The van der Waals surface area contributed by atoms with Crippen molar-refractivity contribution in [2.24, 2.45) is 0 Å². The van der Waals surface area contributed by atoms with Gasteiger partial charge in [0.15, 0.2) is 12.7 Å². The zero-order chi connectivity index (χ0) is 20.1. The molecule has 1 heterocycles. The third kappa shape index (κ3) is 4.91. The number of carbonyl (C=O) groups is 2. The van der Waals surface area contributed by atoms with Crippen LogP contribution in [-0.4, -0.2) is 24.6 Å². The van der Waals surface area contributed by atoms with Crippen LogP contribution in [0, 0.1) is 6.92 Å². The SMILES string of the molecule is Cc1cccc(O[C@H](C)C(=O)OCC(=O)N[C@H](C)c2cc3ccccc3o2)c1. The molecule has 0 fully saturated rings. The number of hydrogen-bond donors (Lipinski definition) is 1. The Hall–Kier alpha value is -3.28. The molecule has 1 amide bonds. The Morgan fingerprint density at radius 1 is 1.07 bits per heavy atom. The second-order valence-corrected chi connectivity index (χ2v) is 6.66. The standard InChI is InChI=1S/C22H23NO5/c1-14-7-6-9-18(11-14)27-16(3)22(25)26-13-21(24)23-15(2)20-12-17-8-4-5-10-19(17)28-20/h4-12,15-16H,13H2,1-3H3,(H,23,24)/t15-,16-/m1/s1. The van der Waals surface area contributed by atoms with Gasteiger partial charge in [-0.2, -0.15) is 0 Å². The highest BCUT2D eigenvalue weighted by Crippen LogP contribution is 2.23. The molecule has 0 aliphatic carbocycles. The van der Waals surface area contributed by atoms with Crippen LogP contribution in [0.3, 0.4) is 0 Å². The van der Waals surface area contributed by atoms with Crippen molar-refractivity contribution in [1.29, 1.82) is 0 Å². The number of nitrogens with one attached hydrogen (secondary N) is 1. The van der Waals surface area contributed by atoms with Crippen LogP contribution < -0.4 is 10.1 Å². The molecule has 3 rings (SSSR count). The van der Waals surface area contributed by atoms with Crippen molar-refractivity contribution >= 4 is 22.8 Å². The van der Waals surface area contributed by atoms with Crippen LogP contribution in [0.2, 0.25) is 0 Å². The first kappa shape index (κ1) is 19.5. The molecule has 3 aromatic rings. The van der Waals surface area contributed by atoms with Crippen LogP contribution in [0.25, 0.3) is 11.0 Å². The third-order valence-electron chi connectivity index (χ3n) is 4.23. The van der Waals surface area contributed by atoms with E-state index in [-0.39, 0.29) is 12.6 Å². The number of ether oxygens (including phenoxy) is 2. The maximum absolute atomic E-state index is 12.1. The molecule has 6 heteroatoms. The minimum absolute atomic E-state index is 0.348. The fraction of sp³-hybridized carbons (Fsp3) is 0.273. The van der Waals surface area contributed by atoms with E-state index in [1.807, 2.05) is 55.5 Å². The first-order chi connectivity index (χ1) is 13.4. The molecule has 2 aromatic carbocycles. The Morgan fingerprint density at radius 2 is 1.86 bits per heavy atom. The normalized spacial score (nSPS) is 13.0. The number of para-hydroxylation sites is 1. The number of fused-ring (bicyclic) bond motifs is 1. The van der Waals surface area contributed by atoms with Crippen molar-refractivity contribution in [3.8, 4) is 5.75 Å². The van der Waals surface area contributed by atoms with E-state index in [0.29, 0.717) is 11.5 Å². The van der Waals surface area contributed by atoms with Crippen molar-refractivity contribution in [2.45, 2.75) is 32.9 Å². The Morgan fingerprint density at radius 3 is 2.61 bits per heavy atom. The molecular weight excluding hydrogens is 358 g/mol. The Balaban J connectivity index is 1.48. The Kier molecular flexibility index (Phi) is 5.99. The number of esters is 1. The van der Waals surface area contributed by atoms with Crippen LogP contribution in [-0.2, 0) is 14.3 Å². The van der Waals surface area contributed by atoms with E-state index >= 15 is 0 Å². The number of benzene rings is 2. The lowest BCUT2D eigenvalue weighted by atomic mass is 10.2. The molecule has 0 saturated carbocycles. The minimum Gasteiger partial charge on any atom is -0.479 e. The molecule has 0 aliphatic rings. The van der Waals surface area contributed by atoms with Crippen molar-refractivity contribution in [3.05, 3.63) is 65.9 Å². The molecule has 0 aliphatic heterocycles. The molecular formula is C22H23NO5. The lowest BCUT2D eigenvalue weighted by molar-refractivity contribution is -0.154. The smallest absolute Gasteiger partial charge is 0.347 e. The molecule has 2 atom stereocenters.